The summed E-state index contributed by atoms with van der Waals surface area (Å²) in [5, 5.41) is 3.38. The fourth-order valence-electron chi connectivity index (χ4n) is 2.53. The molecule has 0 aromatic carbocycles. The van der Waals surface area contributed by atoms with Crippen molar-refractivity contribution in [1.82, 2.24) is 9.97 Å². The number of hydrogen-bond donors (Lipinski definition) is 1. The lowest BCUT2D eigenvalue weighted by Crippen LogP contribution is -2.33. The maximum Gasteiger partial charge on any atom is 0.138 e. The van der Waals surface area contributed by atoms with E-state index in [-0.39, 0.29) is 5.41 Å². The summed E-state index contributed by atoms with van der Waals surface area (Å²) in [5.74, 6) is 2.92. The van der Waals surface area contributed by atoms with Crippen molar-refractivity contribution >= 4 is 11.6 Å². The molecule has 1 N–H and O–H groups in total. The summed E-state index contributed by atoms with van der Waals surface area (Å²) in [7, 11) is 2.15. The molecular formula is C17H32N4. The number of aromatic nitrogens is 2. The van der Waals surface area contributed by atoms with E-state index in [0.29, 0.717) is 6.04 Å². The number of nitrogens with zero attached hydrogens (tertiary/aromatic N) is 3. The SMILES string of the molecule is CCNc1nc(C(C)(C)C)nc(N(C)C(CC)CC)c1C. The van der Waals surface area contributed by atoms with E-state index in [1.54, 1.807) is 0 Å². The zero-order valence-electron chi connectivity index (χ0n) is 15.0. The first kappa shape index (κ1) is 17.7. The van der Waals surface area contributed by atoms with Crippen LogP contribution in [0, 0.1) is 6.92 Å². The molecule has 0 amide bonds. The Hall–Kier alpha value is -1.32. The Bertz CT molecular complexity index is 459. The third kappa shape index (κ3) is 4.08. The van der Waals surface area contributed by atoms with E-state index in [1.807, 2.05) is 0 Å². The molecule has 0 aliphatic rings. The molecule has 4 heteroatoms. The summed E-state index contributed by atoms with van der Waals surface area (Å²) in [4.78, 5) is 11.9. The summed E-state index contributed by atoms with van der Waals surface area (Å²) in [5.41, 5.74) is 1.08. The van der Waals surface area contributed by atoms with Crippen LogP contribution in [0.15, 0.2) is 0 Å². The second-order valence-corrected chi connectivity index (χ2v) is 6.71. The lowest BCUT2D eigenvalue weighted by molar-refractivity contribution is 0.537. The van der Waals surface area contributed by atoms with Crippen molar-refractivity contribution in [3.63, 3.8) is 0 Å². The molecular weight excluding hydrogens is 260 g/mol. The Morgan fingerprint density at radius 2 is 1.67 bits per heavy atom. The smallest absolute Gasteiger partial charge is 0.138 e. The van der Waals surface area contributed by atoms with Crippen LogP contribution in [-0.2, 0) is 5.41 Å². The van der Waals surface area contributed by atoms with Gasteiger partial charge in [0.1, 0.15) is 17.5 Å². The van der Waals surface area contributed by atoms with E-state index in [1.165, 1.54) is 0 Å². The van der Waals surface area contributed by atoms with E-state index < -0.39 is 0 Å². The highest BCUT2D eigenvalue weighted by atomic mass is 15.2. The molecule has 0 fully saturated rings. The van der Waals surface area contributed by atoms with Crippen LogP contribution in [0.4, 0.5) is 11.6 Å². The van der Waals surface area contributed by atoms with Gasteiger partial charge in [-0.15, -0.1) is 0 Å². The van der Waals surface area contributed by atoms with Crippen molar-refractivity contribution < 1.29 is 0 Å². The Kier molecular flexibility index (Phi) is 5.99. The van der Waals surface area contributed by atoms with Crippen LogP contribution in [0.1, 0.15) is 65.8 Å². The molecule has 0 spiro atoms. The van der Waals surface area contributed by atoms with Gasteiger partial charge in [0, 0.05) is 30.6 Å². The maximum absolute atomic E-state index is 4.88. The van der Waals surface area contributed by atoms with Crippen LogP contribution in [0.25, 0.3) is 0 Å². The van der Waals surface area contributed by atoms with E-state index >= 15 is 0 Å². The average molecular weight is 292 g/mol. The highest BCUT2D eigenvalue weighted by Crippen LogP contribution is 2.29. The van der Waals surface area contributed by atoms with Gasteiger partial charge in [-0.05, 0) is 26.7 Å². The Morgan fingerprint density at radius 3 is 2.10 bits per heavy atom. The zero-order chi connectivity index (χ0) is 16.2. The molecule has 120 valence electrons. The first-order valence-corrected chi connectivity index (χ1v) is 8.11. The monoisotopic (exact) mass is 292 g/mol. The molecule has 0 bridgehead atoms. The highest BCUT2D eigenvalue weighted by molar-refractivity contribution is 5.59. The van der Waals surface area contributed by atoms with E-state index in [4.69, 9.17) is 9.97 Å². The largest absolute Gasteiger partial charge is 0.370 e. The van der Waals surface area contributed by atoms with Gasteiger partial charge in [-0.1, -0.05) is 34.6 Å². The van der Waals surface area contributed by atoms with E-state index in [0.717, 1.165) is 42.4 Å². The Morgan fingerprint density at radius 1 is 1.10 bits per heavy atom. The van der Waals surface area contributed by atoms with Crippen LogP contribution in [0.2, 0.25) is 0 Å². The topological polar surface area (TPSA) is 41.1 Å². The first-order chi connectivity index (χ1) is 9.76. The zero-order valence-corrected chi connectivity index (χ0v) is 15.0. The second kappa shape index (κ2) is 7.10. The van der Waals surface area contributed by atoms with E-state index in [2.05, 4.69) is 65.7 Å². The molecule has 1 aromatic rings. The molecule has 0 aliphatic carbocycles. The Balaban J connectivity index is 3.38. The van der Waals surface area contributed by atoms with Crippen molar-refractivity contribution in [3.05, 3.63) is 11.4 Å². The summed E-state index contributed by atoms with van der Waals surface area (Å²) in [6.07, 6.45) is 2.25. The number of hydrogen-bond acceptors (Lipinski definition) is 4. The fraction of sp³-hybridized carbons (Fsp3) is 0.765. The van der Waals surface area contributed by atoms with Gasteiger partial charge in [0.15, 0.2) is 0 Å². The van der Waals surface area contributed by atoms with Crippen molar-refractivity contribution in [2.24, 2.45) is 0 Å². The minimum absolute atomic E-state index is 0.0542. The van der Waals surface area contributed by atoms with Crippen molar-refractivity contribution in [2.75, 3.05) is 23.8 Å². The molecule has 0 unspecified atom stereocenters. The van der Waals surface area contributed by atoms with Gasteiger partial charge in [-0.2, -0.15) is 0 Å². The molecule has 1 aromatic heterocycles. The van der Waals surface area contributed by atoms with Gasteiger partial charge < -0.3 is 10.2 Å². The Labute approximate surface area is 130 Å². The number of anilines is 2. The van der Waals surface area contributed by atoms with Crippen molar-refractivity contribution in [2.45, 2.75) is 72.8 Å². The van der Waals surface area contributed by atoms with Crippen LogP contribution in [0.3, 0.4) is 0 Å². The minimum atomic E-state index is -0.0542. The van der Waals surface area contributed by atoms with Gasteiger partial charge in [0.25, 0.3) is 0 Å². The molecule has 0 saturated heterocycles. The number of rotatable bonds is 6. The van der Waals surface area contributed by atoms with Crippen LogP contribution in [-0.4, -0.2) is 29.6 Å². The van der Waals surface area contributed by atoms with Crippen LogP contribution < -0.4 is 10.2 Å². The fourth-order valence-corrected chi connectivity index (χ4v) is 2.53. The first-order valence-electron chi connectivity index (χ1n) is 8.11. The third-order valence-electron chi connectivity index (χ3n) is 3.96. The molecule has 21 heavy (non-hydrogen) atoms. The highest BCUT2D eigenvalue weighted by Gasteiger charge is 2.24. The second-order valence-electron chi connectivity index (χ2n) is 6.71. The normalized spacial score (nSPS) is 11.9. The minimum Gasteiger partial charge on any atom is -0.370 e. The summed E-state index contributed by atoms with van der Waals surface area (Å²) in [6.45, 7) is 16.0. The van der Waals surface area contributed by atoms with Gasteiger partial charge in [-0.25, -0.2) is 9.97 Å². The van der Waals surface area contributed by atoms with Gasteiger partial charge in [0.2, 0.25) is 0 Å². The lowest BCUT2D eigenvalue weighted by atomic mass is 9.95. The molecule has 0 aliphatic heterocycles. The van der Waals surface area contributed by atoms with Crippen LogP contribution in [0.5, 0.6) is 0 Å². The predicted molar refractivity (Wildman–Crippen MR) is 92.4 cm³/mol. The molecule has 4 nitrogen and oxygen atoms in total. The third-order valence-corrected chi connectivity index (χ3v) is 3.96. The van der Waals surface area contributed by atoms with Crippen molar-refractivity contribution in [1.29, 1.82) is 0 Å². The molecule has 0 saturated carbocycles. The standard InChI is InChI=1S/C17H32N4/c1-9-13(10-2)21(8)15-12(4)14(18-11-3)19-16(20-15)17(5,6)7/h13H,9-11H2,1-8H3,(H,18,19,20). The molecule has 0 radical (unpaired) electrons. The van der Waals surface area contributed by atoms with Gasteiger partial charge >= 0.3 is 0 Å². The summed E-state index contributed by atoms with van der Waals surface area (Å²) < 4.78 is 0. The van der Waals surface area contributed by atoms with Gasteiger partial charge in [-0.3, -0.25) is 0 Å². The van der Waals surface area contributed by atoms with E-state index in [9.17, 15) is 0 Å². The molecule has 1 rings (SSSR count). The summed E-state index contributed by atoms with van der Waals surface area (Å²) >= 11 is 0. The maximum atomic E-state index is 4.88. The summed E-state index contributed by atoms with van der Waals surface area (Å²) in [6, 6.07) is 0.515. The lowest BCUT2D eigenvalue weighted by Gasteiger charge is -2.31. The van der Waals surface area contributed by atoms with Crippen molar-refractivity contribution in [3.8, 4) is 0 Å². The molecule has 1 heterocycles. The molecule has 0 atom stereocenters. The van der Waals surface area contributed by atoms with Crippen LogP contribution >= 0.6 is 0 Å². The average Bonchev–Trinajstić information content (AvgIpc) is 2.41. The quantitative estimate of drug-likeness (QED) is 0.855. The van der Waals surface area contributed by atoms with Gasteiger partial charge in [0.05, 0.1) is 0 Å². The number of nitrogens with one attached hydrogen (secondary N) is 1. The predicted octanol–water partition coefficient (Wildman–Crippen LogP) is 4.14.